The van der Waals surface area contributed by atoms with Crippen molar-refractivity contribution < 1.29 is 4.79 Å². The van der Waals surface area contributed by atoms with Crippen LogP contribution in [0.4, 0.5) is 0 Å². The lowest BCUT2D eigenvalue weighted by Gasteiger charge is -2.04. The first-order valence-corrected chi connectivity index (χ1v) is 6.52. The van der Waals surface area contributed by atoms with Gasteiger partial charge in [0.1, 0.15) is 6.54 Å². The summed E-state index contributed by atoms with van der Waals surface area (Å²) in [7, 11) is 0. The van der Waals surface area contributed by atoms with E-state index < -0.39 is 0 Å². The molecule has 1 aliphatic carbocycles. The second-order valence-electron chi connectivity index (χ2n) is 5.19. The van der Waals surface area contributed by atoms with E-state index in [4.69, 9.17) is 0 Å². The number of rotatable bonds is 7. The third-order valence-electron chi connectivity index (χ3n) is 2.87. The summed E-state index contributed by atoms with van der Waals surface area (Å²) in [6.07, 6.45) is 4.30. The van der Waals surface area contributed by atoms with Crippen molar-refractivity contribution in [3.8, 4) is 0 Å². The van der Waals surface area contributed by atoms with Crippen LogP contribution in [0.15, 0.2) is 6.20 Å². The molecule has 1 aromatic heterocycles. The van der Waals surface area contributed by atoms with Crippen LogP contribution in [-0.4, -0.2) is 33.5 Å². The lowest BCUT2D eigenvalue weighted by Crippen LogP contribution is -2.29. The molecule has 0 radical (unpaired) electrons. The highest BCUT2D eigenvalue weighted by Crippen LogP contribution is 2.27. The molecule has 0 spiro atoms. The molecule has 6 nitrogen and oxygen atoms in total. The Kier molecular flexibility index (Phi) is 4.30. The number of nitrogens with zero attached hydrogens (tertiary/aromatic N) is 3. The molecule has 1 heterocycles. The van der Waals surface area contributed by atoms with E-state index in [0.717, 1.165) is 12.2 Å². The largest absolute Gasteiger partial charge is 0.354 e. The summed E-state index contributed by atoms with van der Waals surface area (Å²) in [5.41, 5.74) is 0.860. The molecule has 1 aromatic rings. The number of carbonyl (C=O) groups is 1. The normalized spacial score (nSPS) is 15.1. The molecule has 1 saturated carbocycles. The van der Waals surface area contributed by atoms with Crippen LogP contribution < -0.4 is 10.6 Å². The fourth-order valence-electron chi connectivity index (χ4n) is 1.59. The van der Waals surface area contributed by atoms with E-state index in [9.17, 15) is 4.79 Å². The van der Waals surface area contributed by atoms with Crippen LogP contribution in [0.5, 0.6) is 0 Å². The quantitative estimate of drug-likeness (QED) is 0.731. The summed E-state index contributed by atoms with van der Waals surface area (Å²) in [6.45, 7) is 5.89. The Balaban J connectivity index is 1.72. The first-order valence-electron chi connectivity index (χ1n) is 6.52. The van der Waals surface area contributed by atoms with Crippen molar-refractivity contribution in [1.29, 1.82) is 0 Å². The molecule has 0 unspecified atom stereocenters. The van der Waals surface area contributed by atoms with E-state index >= 15 is 0 Å². The number of amides is 1. The molecule has 1 aliphatic rings. The minimum Gasteiger partial charge on any atom is -0.354 e. The second-order valence-corrected chi connectivity index (χ2v) is 5.19. The van der Waals surface area contributed by atoms with Crippen molar-refractivity contribution >= 4 is 5.91 Å². The maximum atomic E-state index is 11.6. The van der Waals surface area contributed by atoms with Crippen LogP contribution in [0.1, 0.15) is 32.4 Å². The van der Waals surface area contributed by atoms with Crippen molar-refractivity contribution in [1.82, 2.24) is 25.6 Å². The third kappa shape index (κ3) is 4.44. The number of hydrogen-bond acceptors (Lipinski definition) is 4. The number of carbonyl (C=O) groups excluding carboxylic acids is 1. The molecule has 2 N–H and O–H groups in total. The minimum absolute atomic E-state index is 0.00942. The molecule has 100 valence electrons. The Morgan fingerprint density at radius 2 is 2.33 bits per heavy atom. The summed E-state index contributed by atoms with van der Waals surface area (Å²) < 4.78 is 1.58. The van der Waals surface area contributed by atoms with E-state index in [1.54, 1.807) is 4.68 Å². The van der Waals surface area contributed by atoms with Gasteiger partial charge in [-0.05, 0) is 18.8 Å². The Morgan fingerprint density at radius 1 is 1.56 bits per heavy atom. The Morgan fingerprint density at radius 3 is 3.00 bits per heavy atom. The van der Waals surface area contributed by atoms with Crippen LogP contribution >= 0.6 is 0 Å². The van der Waals surface area contributed by atoms with Gasteiger partial charge in [-0.25, -0.2) is 4.68 Å². The van der Waals surface area contributed by atoms with E-state index in [1.807, 2.05) is 6.20 Å². The molecule has 2 rings (SSSR count). The van der Waals surface area contributed by atoms with Crippen LogP contribution in [0, 0.1) is 5.92 Å². The molecule has 0 aromatic carbocycles. The van der Waals surface area contributed by atoms with E-state index in [0.29, 0.717) is 18.5 Å². The molecule has 0 atom stereocenters. The Hall–Kier alpha value is -1.43. The SMILES string of the molecule is CC(C)NCc1cn(CC(=O)NCC2CC2)nn1. The minimum atomic E-state index is 0.00942. The fraction of sp³-hybridized carbons (Fsp3) is 0.750. The third-order valence-corrected chi connectivity index (χ3v) is 2.87. The summed E-state index contributed by atoms with van der Waals surface area (Å²) in [5.74, 6) is 0.714. The zero-order valence-corrected chi connectivity index (χ0v) is 11.0. The van der Waals surface area contributed by atoms with Crippen molar-refractivity contribution in [3.05, 3.63) is 11.9 Å². The molecule has 0 bridgehead atoms. The molecular weight excluding hydrogens is 230 g/mol. The van der Waals surface area contributed by atoms with Crippen molar-refractivity contribution in [3.63, 3.8) is 0 Å². The lowest BCUT2D eigenvalue weighted by molar-refractivity contribution is -0.121. The monoisotopic (exact) mass is 251 g/mol. The molecule has 1 fully saturated rings. The summed E-state index contributed by atoms with van der Waals surface area (Å²) in [4.78, 5) is 11.6. The lowest BCUT2D eigenvalue weighted by atomic mass is 10.3. The molecule has 0 aliphatic heterocycles. The summed E-state index contributed by atoms with van der Waals surface area (Å²) in [5, 5.41) is 14.1. The predicted molar refractivity (Wildman–Crippen MR) is 67.7 cm³/mol. The van der Waals surface area contributed by atoms with Crippen LogP contribution in [0.25, 0.3) is 0 Å². The molecule has 0 saturated heterocycles. The average Bonchev–Trinajstić information content (AvgIpc) is 3.05. The topological polar surface area (TPSA) is 71.8 Å². The van der Waals surface area contributed by atoms with Gasteiger partial charge in [0, 0.05) is 19.1 Å². The smallest absolute Gasteiger partial charge is 0.241 e. The highest BCUT2D eigenvalue weighted by Gasteiger charge is 2.21. The second kappa shape index (κ2) is 5.95. The summed E-state index contributed by atoms with van der Waals surface area (Å²) >= 11 is 0. The van der Waals surface area contributed by atoms with Gasteiger partial charge in [-0.1, -0.05) is 19.1 Å². The van der Waals surface area contributed by atoms with Gasteiger partial charge in [0.15, 0.2) is 0 Å². The molecule has 18 heavy (non-hydrogen) atoms. The molecular formula is C12H21N5O. The van der Waals surface area contributed by atoms with E-state index in [2.05, 4.69) is 34.8 Å². The molecule has 6 heteroatoms. The van der Waals surface area contributed by atoms with Gasteiger partial charge >= 0.3 is 0 Å². The predicted octanol–water partition coefficient (Wildman–Crippen LogP) is 0.302. The Labute approximate surface area is 107 Å². The van der Waals surface area contributed by atoms with Gasteiger partial charge in [-0.2, -0.15) is 0 Å². The fourth-order valence-corrected chi connectivity index (χ4v) is 1.59. The first kappa shape index (κ1) is 13.0. The average molecular weight is 251 g/mol. The molecule has 1 amide bonds. The Bertz CT molecular complexity index is 397. The van der Waals surface area contributed by atoms with Gasteiger partial charge < -0.3 is 10.6 Å². The zero-order valence-electron chi connectivity index (χ0n) is 11.0. The van der Waals surface area contributed by atoms with Crippen molar-refractivity contribution in [2.75, 3.05) is 6.54 Å². The van der Waals surface area contributed by atoms with Gasteiger partial charge in [0.25, 0.3) is 0 Å². The highest BCUT2D eigenvalue weighted by molar-refractivity contribution is 5.75. The zero-order chi connectivity index (χ0) is 13.0. The van der Waals surface area contributed by atoms with Crippen LogP contribution in [-0.2, 0) is 17.9 Å². The van der Waals surface area contributed by atoms with E-state index in [-0.39, 0.29) is 12.5 Å². The van der Waals surface area contributed by atoms with Crippen molar-refractivity contribution in [2.24, 2.45) is 5.92 Å². The van der Waals surface area contributed by atoms with Gasteiger partial charge in [0.2, 0.25) is 5.91 Å². The van der Waals surface area contributed by atoms with Gasteiger partial charge in [0.05, 0.1) is 11.9 Å². The number of nitrogens with one attached hydrogen (secondary N) is 2. The van der Waals surface area contributed by atoms with Crippen molar-refractivity contribution in [2.45, 2.75) is 45.8 Å². The maximum Gasteiger partial charge on any atom is 0.241 e. The number of aromatic nitrogens is 3. The highest BCUT2D eigenvalue weighted by atomic mass is 16.2. The van der Waals surface area contributed by atoms with Gasteiger partial charge in [-0.3, -0.25) is 4.79 Å². The number of hydrogen-bond donors (Lipinski definition) is 2. The van der Waals surface area contributed by atoms with Crippen LogP contribution in [0.2, 0.25) is 0 Å². The summed E-state index contributed by atoms with van der Waals surface area (Å²) in [6, 6.07) is 0.414. The maximum absolute atomic E-state index is 11.6. The van der Waals surface area contributed by atoms with Crippen LogP contribution in [0.3, 0.4) is 0 Å². The standard InChI is InChI=1S/C12H21N5O/c1-9(2)13-6-11-7-17(16-15-11)8-12(18)14-5-10-3-4-10/h7,9-10,13H,3-6,8H2,1-2H3,(H,14,18). The van der Waals surface area contributed by atoms with Gasteiger partial charge in [-0.15, -0.1) is 5.10 Å². The van der Waals surface area contributed by atoms with E-state index in [1.165, 1.54) is 12.8 Å². The first-order chi connectivity index (χ1) is 8.63.